The maximum Gasteiger partial charge on any atom is 0.252 e. The first-order valence-corrected chi connectivity index (χ1v) is 6.05. The van der Waals surface area contributed by atoms with E-state index < -0.39 is 0 Å². The van der Waals surface area contributed by atoms with Crippen LogP contribution >= 0.6 is 22.6 Å². The fraction of sp³-hybridized carbons (Fsp3) is 0.364. The van der Waals surface area contributed by atoms with E-state index in [1.54, 1.807) is 0 Å². The van der Waals surface area contributed by atoms with Crippen molar-refractivity contribution in [1.29, 1.82) is 0 Å². The Morgan fingerprint density at radius 2 is 2.31 bits per heavy atom. The third-order valence-electron chi connectivity index (χ3n) is 2.19. The van der Waals surface area contributed by atoms with Crippen molar-refractivity contribution in [2.45, 2.75) is 6.92 Å². The second-order valence-electron chi connectivity index (χ2n) is 3.68. The van der Waals surface area contributed by atoms with Crippen LogP contribution in [-0.2, 0) is 0 Å². The molecule has 0 aliphatic heterocycles. The van der Waals surface area contributed by atoms with Crippen molar-refractivity contribution in [3.8, 4) is 0 Å². The Bertz CT molecular complexity index is 384. The maximum absolute atomic E-state index is 12.8. The number of benzene rings is 1. The van der Waals surface area contributed by atoms with E-state index in [4.69, 9.17) is 5.73 Å². The number of nitrogens with two attached hydrogens (primary N) is 1. The molecule has 0 spiro atoms. The van der Waals surface area contributed by atoms with Crippen LogP contribution in [0.25, 0.3) is 0 Å². The quantitative estimate of drug-likeness (QED) is 0.824. The van der Waals surface area contributed by atoms with Gasteiger partial charge in [0.1, 0.15) is 5.82 Å². The molecule has 0 heterocycles. The second-order valence-corrected chi connectivity index (χ2v) is 4.84. The van der Waals surface area contributed by atoms with Crippen molar-refractivity contribution in [3.63, 3.8) is 0 Å². The molecular weight excluding hydrogens is 322 g/mol. The molecule has 5 heteroatoms. The van der Waals surface area contributed by atoms with Crippen LogP contribution in [0.15, 0.2) is 18.2 Å². The van der Waals surface area contributed by atoms with Gasteiger partial charge in [-0.1, -0.05) is 6.92 Å². The van der Waals surface area contributed by atoms with E-state index in [0.29, 0.717) is 22.2 Å². The molecule has 0 fully saturated rings. The van der Waals surface area contributed by atoms with Crippen molar-refractivity contribution >= 4 is 28.5 Å². The lowest BCUT2D eigenvalue weighted by Crippen LogP contribution is -2.31. The van der Waals surface area contributed by atoms with Crippen LogP contribution in [0.4, 0.5) is 4.39 Å². The van der Waals surface area contributed by atoms with E-state index in [9.17, 15) is 9.18 Å². The third-order valence-corrected chi connectivity index (χ3v) is 3.08. The Labute approximate surface area is 108 Å². The number of amides is 1. The predicted molar refractivity (Wildman–Crippen MR) is 69.7 cm³/mol. The average molecular weight is 336 g/mol. The van der Waals surface area contributed by atoms with Gasteiger partial charge in [-0.2, -0.15) is 0 Å². The van der Waals surface area contributed by atoms with E-state index in [2.05, 4.69) is 5.32 Å². The smallest absolute Gasteiger partial charge is 0.252 e. The summed E-state index contributed by atoms with van der Waals surface area (Å²) in [7, 11) is 0. The van der Waals surface area contributed by atoms with E-state index >= 15 is 0 Å². The average Bonchev–Trinajstić information content (AvgIpc) is 2.25. The summed E-state index contributed by atoms with van der Waals surface area (Å²) in [6.07, 6.45) is 0. The topological polar surface area (TPSA) is 55.1 Å². The molecule has 1 aromatic carbocycles. The number of carbonyl (C=O) groups excluding carboxylic acids is 1. The number of rotatable bonds is 4. The fourth-order valence-electron chi connectivity index (χ4n) is 1.12. The molecule has 0 saturated carbocycles. The van der Waals surface area contributed by atoms with Crippen LogP contribution in [0.5, 0.6) is 0 Å². The van der Waals surface area contributed by atoms with Crippen LogP contribution in [0.3, 0.4) is 0 Å². The molecule has 3 N–H and O–H groups in total. The first-order valence-electron chi connectivity index (χ1n) is 4.98. The standard InChI is InChI=1S/C11H14FIN2O/c1-7(5-14)6-15-11(16)9-3-2-8(12)4-10(9)13/h2-4,7H,5-6,14H2,1H3,(H,15,16). The largest absolute Gasteiger partial charge is 0.352 e. The first kappa shape index (κ1) is 13.4. The van der Waals surface area contributed by atoms with E-state index in [-0.39, 0.29) is 17.6 Å². The summed E-state index contributed by atoms with van der Waals surface area (Å²) in [4.78, 5) is 11.7. The molecule has 0 aromatic heterocycles. The first-order chi connectivity index (χ1) is 7.54. The Kier molecular flexibility index (Phi) is 5.14. The third kappa shape index (κ3) is 3.71. The zero-order valence-corrected chi connectivity index (χ0v) is 11.1. The van der Waals surface area contributed by atoms with Gasteiger partial charge in [-0.15, -0.1) is 0 Å². The van der Waals surface area contributed by atoms with Crippen molar-refractivity contribution in [1.82, 2.24) is 5.32 Å². The van der Waals surface area contributed by atoms with Gasteiger partial charge >= 0.3 is 0 Å². The summed E-state index contributed by atoms with van der Waals surface area (Å²) in [6.45, 7) is 3.01. The van der Waals surface area contributed by atoms with Gasteiger partial charge in [-0.05, 0) is 53.3 Å². The molecule has 0 bridgehead atoms. The zero-order valence-electron chi connectivity index (χ0n) is 8.97. The number of nitrogens with one attached hydrogen (secondary N) is 1. The minimum absolute atomic E-state index is 0.190. The highest BCUT2D eigenvalue weighted by Gasteiger charge is 2.11. The molecule has 0 radical (unpaired) electrons. The van der Waals surface area contributed by atoms with Crippen LogP contribution in [0.1, 0.15) is 17.3 Å². The van der Waals surface area contributed by atoms with Crippen LogP contribution in [0.2, 0.25) is 0 Å². The molecule has 1 unspecified atom stereocenters. The molecule has 3 nitrogen and oxygen atoms in total. The SMILES string of the molecule is CC(CN)CNC(=O)c1ccc(F)cc1I. The molecule has 1 atom stereocenters. The number of carbonyl (C=O) groups is 1. The minimum Gasteiger partial charge on any atom is -0.352 e. The second kappa shape index (κ2) is 6.15. The molecule has 1 amide bonds. The van der Waals surface area contributed by atoms with E-state index in [0.717, 1.165) is 0 Å². The number of halogens is 2. The summed E-state index contributed by atoms with van der Waals surface area (Å²) in [5.74, 6) is -0.289. The van der Waals surface area contributed by atoms with Gasteiger partial charge in [-0.25, -0.2) is 4.39 Å². The van der Waals surface area contributed by atoms with Crippen LogP contribution < -0.4 is 11.1 Å². The van der Waals surface area contributed by atoms with E-state index in [1.807, 2.05) is 29.5 Å². The van der Waals surface area contributed by atoms with Gasteiger partial charge in [0.25, 0.3) is 5.91 Å². The lowest BCUT2D eigenvalue weighted by Gasteiger charge is -2.10. The minimum atomic E-state index is -0.337. The zero-order chi connectivity index (χ0) is 12.1. The van der Waals surface area contributed by atoms with E-state index in [1.165, 1.54) is 18.2 Å². The molecule has 16 heavy (non-hydrogen) atoms. The molecule has 0 aliphatic carbocycles. The van der Waals surface area contributed by atoms with Gasteiger partial charge in [0.05, 0.1) is 5.56 Å². The van der Waals surface area contributed by atoms with Crippen LogP contribution in [0, 0.1) is 15.3 Å². The molecule has 1 rings (SSSR count). The van der Waals surface area contributed by atoms with Crippen molar-refractivity contribution in [2.24, 2.45) is 11.7 Å². The monoisotopic (exact) mass is 336 g/mol. The lowest BCUT2D eigenvalue weighted by atomic mass is 10.1. The van der Waals surface area contributed by atoms with Gasteiger partial charge in [0.2, 0.25) is 0 Å². The molecule has 88 valence electrons. The molecule has 0 saturated heterocycles. The van der Waals surface area contributed by atoms with Gasteiger partial charge in [-0.3, -0.25) is 4.79 Å². The lowest BCUT2D eigenvalue weighted by molar-refractivity contribution is 0.0947. The molecular formula is C11H14FIN2O. The predicted octanol–water partition coefficient (Wildman–Crippen LogP) is 1.75. The summed E-state index contributed by atoms with van der Waals surface area (Å²) in [6, 6.07) is 4.10. The summed E-state index contributed by atoms with van der Waals surface area (Å²) in [5, 5.41) is 2.76. The number of hydrogen-bond acceptors (Lipinski definition) is 2. The Morgan fingerprint density at radius 1 is 1.62 bits per heavy atom. The highest BCUT2D eigenvalue weighted by Crippen LogP contribution is 2.13. The molecule has 1 aromatic rings. The van der Waals surface area contributed by atoms with Gasteiger partial charge in [0.15, 0.2) is 0 Å². The van der Waals surface area contributed by atoms with Crippen molar-refractivity contribution in [3.05, 3.63) is 33.1 Å². The number of hydrogen-bond donors (Lipinski definition) is 2. The van der Waals surface area contributed by atoms with Crippen molar-refractivity contribution in [2.75, 3.05) is 13.1 Å². The Morgan fingerprint density at radius 3 is 2.88 bits per heavy atom. The summed E-state index contributed by atoms with van der Waals surface area (Å²) in [5.41, 5.74) is 5.94. The summed E-state index contributed by atoms with van der Waals surface area (Å²) >= 11 is 1.94. The maximum atomic E-state index is 12.8. The summed E-state index contributed by atoms with van der Waals surface area (Å²) < 4.78 is 13.4. The van der Waals surface area contributed by atoms with Crippen molar-refractivity contribution < 1.29 is 9.18 Å². The molecule has 0 aliphatic rings. The highest BCUT2D eigenvalue weighted by atomic mass is 127. The highest BCUT2D eigenvalue weighted by molar-refractivity contribution is 14.1. The van der Waals surface area contributed by atoms with Crippen LogP contribution in [-0.4, -0.2) is 19.0 Å². The fourth-order valence-corrected chi connectivity index (χ4v) is 1.84. The van der Waals surface area contributed by atoms with Gasteiger partial charge < -0.3 is 11.1 Å². The Hall–Kier alpha value is -0.690. The Balaban J connectivity index is 2.66. The normalized spacial score (nSPS) is 12.2. The van der Waals surface area contributed by atoms with Gasteiger partial charge in [0, 0.05) is 10.1 Å².